The van der Waals surface area contributed by atoms with Gasteiger partial charge in [-0.15, -0.1) is 0 Å². The molecule has 0 bridgehead atoms. The van der Waals surface area contributed by atoms with Crippen LogP contribution in [-0.2, 0) is 11.3 Å². The van der Waals surface area contributed by atoms with Crippen molar-refractivity contribution in [1.82, 2.24) is 5.32 Å². The molecule has 0 unspecified atom stereocenters. The fraction of sp³-hybridized carbons (Fsp3) is 0.125. The summed E-state index contributed by atoms with van der Waals surface area (Å²) < 4.78 is 0. The van der Waals surface area contributed by atoms with Crippen LogP contribution in [0.15, 0.2) is 24.3 Å². The first-order valence-electron chi connectivity index (χ1n) is 3.06. The van der Waals surface area contributed by atoms with E-state index in [1.165, 1.54) is 0 Å². The second kappa shape index (κ2) is 3.67. The molecule has 1 N–H and O–H groups in total. The van der Waals surface area contributed by atoms with Gasteiger partial charge in [0.1, 0.15) is 0 Å². The molecule has 0 spiro atoms. The summed E-state index contributed by atoms with van der Waals surface area (Å²) in [5.41, 5.74) is 0.995. The van der Waals surface area contributed by atoms with Crippen LogP contribution in [0.3, 0.4) is 0 Å². The Morgan fingerprint density at radius 1 is 1.60 bits per heavy atom. The lowest BCUT2D eigenvalue weighted by molar-refractivity contribution is -0.109. The number of carbonyl (C=O) groups is 1. The lowest BCUT2D eigenvalue weighted by atomic mass is 10.2. The van der Waals surface area contributed by atoms with E-state index in [-0.39, 0.29) is 0 Å². The topological polar surface area (TPSA) is 29.1 Å². The maximum atomic E-state index is 9.85. The first-order chi connectivity index (χ1) is 4.93. The molecular formula is C8H8NO. The van der Waals surface area contributed by atoms with Gasteiger partial charge in [0.2, 0.25) is 6.41 Å². The Hall–Kier alpha value is -1.31. The van der Waals surface area contributed by atoms with Gasteiger partial charge in [-0.3, -0.25) is 4.79 Å². The average Bonchev–Trinajstić information content (AvgIpc) is 2.03. The molecule has 1 aromatic rings. The Morgan fingerprint density at radius 3 is 3.10 bits per heavy atom. The SMILES string of the molecule is O=CNCc1[c]cccc1. The van der Waals surface area contributed by atoms with E-state index in [4.69, 9.17) is 0 Å². The van der Waals surface area contributed by atoms with Gasteiger partial charge in [0.15, 0.2) is 0 Å². The first kappa shape index (κ1) is 6.81. The van der Waals surface area contributed by atoms with Crippen LogP contribution in [0.25, 0.3) is 0 Å². The largest absolute Gasteiger partial charge is 0.355 e. The van der Waals surface area contributed by atoms with Gasteiger partial charge < -0.3 is 5.32 Å². The molecule has 1 rings (SSSR count). The molecule has 10 heavy (non-hydrogen) atoms. The van der Waals surface area contributed by atoms with Crippen molar-refractivity contribution in [3.05, 3.63) is 35.9 Å². The second-order valence-corrected chi connectivity index (χ2v) is 1.89. The van der Waals surface area contributed by atoms with Crippen molar-refractivity contribution in [1.29, 1.82) is 0 Å². The summed E-state index contributed by atoms with van der Waals surface area (Å²) in [6.07, 6.45) is 0.681. The summed E-state index contributed by atoms with van der Waals surface area (Å²) >= 11 is 0. The average molecular weight is 134 g/mol. The minimum atomic E-state index is 0.560. The molecule has 0 heterocycles. The summed E-state index contributed by atoms with van der Waals surface area (Å²) in [4.78, 5) is 9.85. The summed E-state index contributed by atoms with van der Waals surface area (Å²) in [6.45, 7) is 0.560. The Bertz CT molecular complexity index is 196. The van der Waals surface area contributed by atoms with Crippen LogP contribution in [0.1, 0.15) is 5.56 Å². The van der Waals surface area contributed by atoms with Crippen molar-refractivity contribution >= 4 is 6.41 Å². The van der Waals surface area contributed by atoms with Gasteiger partial charge in [0.05, 0.1) is 0 Å². The molecule has 0 saturated carbocycles. The zero-order valence-corrected chi connectivity index (χ0v) is 5.50. The highest BCUT2D eigenvalue weighted by atomic mass is 16.1. The number of rotatable bonds is 3. The minimum absolute atomic E-state index is 0.560. The Kier molecular flexibility index (Phi) is 2.49. The van der Waals surface area contributed by atoms with E-state index in [0.717, 1.165) is 5.56 Å². The van der Waals surface area contributed by atoms with Crippen LogP contribution in [0, 0.1) is 6.07 Å². The molecule has 0 aliphatic rings. The number of hydrogen-bond donors (Lipinski definition) is 1. The Labute approximate surface area is 59.9 Å². The number of hydrogen-bond acceptors (Lipinski definition) is 1. The van der Waals surface area contributed by atoms with Crippen molar-refractivity contribution < 1.29 is 4.79 Å². The van der Waals surface area contributed by atoms with Gasteiger partial charge in [-0.2, -0.15) is 0 Å². The summed E-state index contributed by atoms with van der Waals surface area (Å²) in [5, 5.41) is 2.55. The van der Waals surface area contributed by atoms with Gasteiger partial charge in [-0.05, 0) is 11.6 Å². The maximum Gasteiger partial charge on any atom is 0.207 e. The van der Waals surface area contributed by atoms with Gasteiger partial charge in [-0.1, -0.05) is 24.3 Å². The fourth-order valence-electron chi connectivity index (χ4n) is 0.692. The van der Waals surface area contributed by atoms with Crippen molar-refractivity contribution in [2.24, 2.45) is 0 Å². The molecule has 1 aromatic carbocycles. The van der Waals surface area contributed by atoms with E-state index in [1.807, 2.05) is 24.3 Å². The van der Waals surface area contributed by atoms with Crippen molar-refractivity contribution in [2.75, 3.05) is 0 Å². The number of amides is 1. The monoisotopic (exact) mass is 134 g/mol. The highest BCUT2D eigenvalue weighted by Gasteiger charge is 1.86. The quantitative estimate of drug-likeness (QED) is 0.607. The van der Waals surface area contributed by atoms with Gasteiger partial charge in [-0.25, -0.2) is 0 Å². The molecule has 51 valence electrons. The third-order valence-corrected chi connectivity index (χ3v) is 1.15. The van der Waals surface area contributed by atoms with Crippen molar-refractivity contribution in [3.63, 3.8) is 0 Å². The predicted molar refractivity (Wildman–Crippen MR) is 38.2 cm³/mol. The third kappa shape index (κ3) is 1.90. The zero-order chi connectivity index (χ0) is 7.23. The fourth-order valence-corrected chi connectivity index (χ4v) is 0.692. The summed E-state index contributed by atoms with van der Waals surface area (Å²) in [5.74, 6) is 0. The van der Waals surface area contributed by atoms with Gasteiger partial charge in [0, 0.05) is 6.54 Å². The molecule has 0 fully saturated rings. The molecule has 1 amide bonds. The molecular weight excluding hydrogens is 126 g/mol. The molecule has 0 aromatic heterocycles. The van der Waals surface area contributed by atoms with Crippen molar-refractivity contribution in [3.8, 4) is 0 Å². The van der Waals surface area contributed by atoms with E-state index in [2.05, 4.69) is 11.4 Å². The number of nitrogens with one attached hydrogen (secondary N) is 1. The Morgan fingerprint density at radius 2 is 2.50 bits per heavy atom. The normalized spacial score (nSPS) is 8.80. The van der Waals surface area contributed by atoms with Gasteiger partial charge in [0.25, 0.3) is 0 Å². The Balaban J connectivity index is 2.50. The zero-order valence-electron chi connectivity index (χ0n) is 5.50. The molecule has 0 saturated heterocycles. The molecule has 2 nitrogen and oxygen atoms in total. The molecule has 2 heteroatoms. The van der Waals surface area contributed by atoms with Crippen LogP contribution in [0.5, 0.6) is 0 Å². The van der Waals surface area contributed by atoms with Crippen LogP contribution in [0.4, 0.5) is 0 Å². The first-order valence-corrected chi connectivity index (χ1v) is 3.06. The minimum Gasteiger partial charge on any atom is -0.355 e. The molecule has 0 aliphatic heterocycles. The number of benzene rings is 1. The maximum absolute atomic E-state index is 9.85. The third-order valence-electron chi connectivity index (χ3n) is 1.15. The predicted octanol–water partition coefficient (Wildman–Crippen LogP) is 0.733. The van der Waals surface area contributed by atoms with E-state index in [9.17, 15) is 4.79 Å². The second-order valence-electron chi connectivity index (χ2n) is 1.89. The van der Waals surface area contributed by atoms with Gasteiger partial charge >= 0.3 is 0 Å². The van der Waals surface area contributed by atoms with Crippen molar-refractivity contribution in [2.45, 2.75) is 6.54 Å². The summed E-state index contributed by atoms with van der Waals surface area (Å²) in [6, 6.07) is 10.5. The van der Waals surface area contributed by atoms with Crippen LogP contribution >= 0.6 is 0 Å². The highest BCUT2D eigenvalue weighted by molar-refractivity contribution is 5.46. The smallest absolute Gasteiger partial charge is 0.207 e. The summed E-state index contributed by atoms with van der Waals surface area (Å²) in [7, 11) is 0. The van der Waals surface area contributed by atoms with E-state index in [0.29, 0.717) is 13.0 Å². The molecule has 0 atom stereocenters. The van der Waals surface area contributed by atoms with E-state index >= 15 is 0 Å². The van der Waals surface area contributed by atoms with E-state index in [1.54, 1.807) is 0 Å². The van der Waals surface area contributed by atoms with Crippen LogP contribution < -0.4 is 5.32 Å². The number of carbonyl (C=O) groups excluding carboxylic acids is 1. The molecule has 1 radical (unpaired) electrons. The lowest BCUT2D eigenvalue weighted by Gasteiger charge is -1.95. The van der Waals surface area contributed by atoms with Crippen LogP contribution in [0.2, 0.25) is 0 Å². The van der Waals surface area contributed by atoms with Crippen LogP contribution in [-0.4, -0.2) is 6.41 Å². The highest BCUT2D eigenvalue weighted by Crippen LogP contribution is 1.94. The lowest BCUT2D eigenvalue weighted by Crippen LogP contribution is -2.09. The molecule has 0 aliphatic carbocycles. The van der Waals surface area contributed by atoms with E-state index < -0.39 is 0 Å². The standard InChI is InChI=1S/C8H8NO/c10-7-9-6-8-4-2-1-3-5-8/h1-4,7H,6H2,(H,9,10).